The van der Waals surface area contributed by atoms with E-state index in [1.807, 2.05) is 12.1 Å². The molecule has 4 N–H and O–H groups in total. The van der Waals surface area contributed by atoms with Crippen LogP contribution in [0.5, 0.6) is 11.5 Å². The van der Waals surface area contributed by atoms with Crippen LogP contribution < -0.4 is 15.2 Å². The Morgan fingerprint density at radius 3 is 2.07 bits per heavy atom. The second kappa shape index (κ2) is 11.2. The topological polar surface area (TPSA) is 84.9 Å². The van der Waals surface area contributed by atoms with Gasteiger partial charge in [-0.1, -0.05) is 35.0 Å². The standard InChI is InChI=1S/C18H20Cl3NO4S/c19-7-11(23)9-26-18-16(20)5-15(6-17(18)21)27-14-3-1-13(2-4-14)25-10-12(24)8-22/h1-6,11-12,23-24H,7-10,22H2. The summed E-state index contributed by atoms with van der Waals surface area (Å²) in [7, 11) is 0. The van der Waals surface area contributed by atoms with Gasteiger partial charge in [0, 0.05) is 16.3 Å². The first-order valence-corrected chi connectivity index (χ1v) is 10.2. The molecule has 0 aromatic heterocycles. The third-order valence-electron chi connectivity index (χ3n) is 3.34. The highest BCUT2D eigenvalue weighted by Crippen LogP contribution is 2.39. The molecule has 0 amide bonds. The molecule has 0 radical (unpaired) electrons. The average molecular weight is 453 g/mol. The molecule has 0 spiro atoms. The molecule has 2 atom stereocenters. The molecule has 0 bridgehead atoms. The Labute approximate surface area is 177 Å². The molecule has 2 aromatic rings. The first-order chi connectivity index (χ1) is 12.9. The number of alkyl halides is 1. The maximum atomic E-state index is 9.48. The third kappa shape index (κ3) is 7.23. The van der Waals surface area contributed by atoms with E-state index in [0.717, 1.165) is 9.79 Å². The first kappa shape index (κ1) is 22.4. The van der Waals surface area contributed by atoms with Crippen molar-refractivity contribution in [1.29, 1.82) is 0 Å². The largest absolute Gasteiger partial charge is 0.491 e. The molecule has 0 fully saturated rings. The van der Waals surface area contributed by atoms with Crippen molar-refractivity contribution in [3.63, 3.8) is 0 Å². The van der Waals surface area contributed by atoms with E-state index in [-0.39, 0.29) is 25.6 Å². The number of aliphatic hydroxyl groups excluding tert-OH is 2. The third-order valence-corrected chi connectivity index (χ3v) is 5.24. The van der Waals surface area contributed by atoms with Crippen molar-refractivity contribution in [2.75, 3.05) is 25.6 Å². The lowest BCUT2D eigenvalue weighted by Gasteiger charge is -2.14. The quantitative estimate of drug-likeness (QED) is 0.475. The molecule has 148 valence electrons. The van der Waals surface area contributed by atoms with Crippen LogP contribution in [0.3, 0.4) is 0 Å². The molecule has 0 aliphatic heterocycles. The summed E-state index contributed by atoms with van der Waals surface area (Å²) in [5.41, 5.74) is 5.34. The predicted molar refractivity (Wildman–Crippen MR) is 110 cm³/mol. The number of halogens is 3. The highest BCUT2D eigenvalue weighted by atomic mass is 35.5. The van der Waals surface area contributed by atoms with Crippen molar-refractivity contribution < 1.29 is 19.7 Å². The minimum atomic E-state index is -0.792. The lowest BCUT2D eigenvalue weighted by Crippen LogP contribution is -2.26. The summed E-state index contributed by atoms with van der Waals surface area (Å²) in [4.78, 5) is 1.79. The first-order valence-electron chi connectivity index (χ1n) is 8.07. The zero-order valence-corrected chi connectivity index (χ0v) is 17.4. The summed E-state index contributed by atoms with van der Waals surface area (Å²) in [6, 6.07) is 10.9. The van der Waals surface area contributed by atoms with Gasteiger partial charge in [0.15, 0.2) is 5.75 Å². The molecular formula is C18H20Cl3NO4S. The maximum absolute atomic E-state index is 9.48. The molecule has 27 heavy (non-hydrogen) atoms. The van der Waals surface area contributed by atoms with Crippen molar-refractivity contribution in [2.24, 2.45) is 5.73 Å². The van der Waals surface area contributed by atoms with E-state index in [2.05, 4.69) is 0 Å². The van der Waals surface area contributed by atoms with Crippen molar-refractivity contribution in [3.05, 3.63) is 46.4 Å². The van der Waals surface area contributed by atoms with Crippen molar-refractivity contribution in [3.8, 4) is 11.5 Å². The molecule has 2 unspecified atom stereocenters. The van der Waals surface area contributed by atoms with Gasteiger partial charge in [-0.2, -0.15) is 0 Å². The molecule has 2 aromatic carbocycles. The molecular weight excluding hydrogens is 433 g/mol. The van der Waals surface area contributed by atoms with Crippen LogP contribution in [0, 0.1) is 0 Å². The van der Waals surface area contributed by atoms with E-state index in [4.69, 9.17) is 50.0 Å². The summed E-state index contributed by atoms with van der Waals surface area (Å²) in [6.07, 6.45) is -1.48. The molecule has 2 rings (SSSR count). The summed E-state index contributed by atoms with van der Waals surface area (Å²) in [5.74, 6) is 1.02. The van der Waals surface area contributed by atoms with E-state index in [1.165, 1.54) is 11.8 Å². The highest BCUT2D eigenvalue weighted by molar-refractivity contribution is 7.99. The van der Waals surface area contributed by atoms with Gasteiger partial charge in [0.2, 0.25) is 0 Å². The second-order valence-electron chi connectivity index (χ2n) is 5.61. The molecule has 0 saturated carbocycles. The minimum Gasteiger partial charge on any atom is -0.491 e. The van der Waals surface area contributed by atoms with Crippen LogP contribution in [0.15, 0.2) is 46.2 Å². The van der Waals surface area contributed by atoms with E-state index in [1.54, 1.807) is 24.3 Å². The van der Waals surface area contributed by atoms with E-state index in [9.17, 15) is 10.2 Å². The number of aliphatic hydroxyl groups is 2. The van der Waals surface area contributed by atoms with Crippen LogP contribution in [0.25, 0.3) is 0 Å². The fraction of sp³-hybridized carbons (Fsp3) is 0.333. The van der Waals surface area contributed by atoms with E-state index < -0.39 is 12.2 Å². The van der Waals surface area contributed by atoms with Gasteiger partial charge in [-0.25, -0.2) is 0 Å². The predicted octanol–water partition coefficient (Wildman–Crippen LogP) is 3.82. The highest BCUT2D eigenvalue weighted by Gasteiger charge is 2.13. The van der Waals surface area contributed by atoms with Crippen LogP contribution >= 0.6 is 46.6 Å². The van der Waals surface area contributed by atoms with Gasteiger partial charge in [-0.05, 0) is 36.4 Å². The summed E-state index contributed by atoms with van der Waals surface area (Å²) in [6.45, 7) is 0.309. The zero-order chi connectivity index (χ0) is 19.8. The molecule has 0 aliphatic rings. The number of hydrogen-bond donors (Lipinski definition) is 3. The number of ether oxygens (including phenoxy) is 2. The van der Waals surface area contributed by atoms with Crippen molar-refractivity contribution in [2.45, 2.75) is 22.0 Å². The van der Waals surface area contributed by atoms with Crippen LogP contribution in [0.1, 0.15) is 0 Å². The smallest absolute Gasteiger partial charge is 0.156 e. The molecule has 9 heteroatoms. The Bertz CT molecular complexity index is 710. The van der Waals surface area contributed by atoms with Crippen LogP contribution in [-0.2, 0) is 0 Å². The van der Waals surface area contributed by atoms with Crippen molar-refractivity contribution in [1.82, 2.24) is 0 Å². The summed E-state index contributed by atoms with van der Waals surface area (Å²) in [5, 5.41) is 19.6. The Hall–Kier alpha value is -0.860. The molecule has 0 saturated heterocycles. The van der Waals surface area contributed by atoms with Gasteiger partial charge in [-0.15, -0.1) is 11.6 Å². The average Bonchev–Trinajstić information content (AvgIpc) is 2.66. The van der Waals surface area contributed by atoms with E-state index in [0.29, 0.717) is 21.5 Å². The number of hydrogen-bond acceptors (Lipinski definition) is 6. The Morgan fingerprint density at radius 1 is 0.926 bits per heavy atom. The van der Waals surface area contributed by atoms with Crippen molar-refractivity contribution >= 4 is 46.6 Å². The fourth-order valence-corrected chi connectivity index (χ4v) is 3.67. The fourth-order valence-electron chi connectivity index (χ4n) is 1.96. The Morgan fingerprint density at radius 2 is 1.52 bits per heavy atom. The Balaban J connectivity index is 2.00. The number of benzene rings is 2. The molecule has 0 aliphatic carbocycles. The number of rotatable bonds is 10. The minimum absolute atomic E-state index is 0.00967. The van der Waals surface area contributed by atoms with Crippen LogP contribution in [0.4, 0.5) is 0 Å². The van der Waals surface area contributed by atoms with Gasteiger partial charge in [0.25, 0.3) is 0 Å². The lowest BCUT2D eigenvalue weighted by atomic mass is 10.3. The molecule has 0 heterocycles. The Kier molecular flexibility index (Phi) is 9.32. The lowest BCUT2D eigenvalue weighted by molar-refractivity contribution is 0.114. The van der Waals surface area contributed by atoms with Gasteiger partial charge in [-0.3, -0.25) is 0 Å². The zero-order valence-electron chi connectivity index (χ0n) is 14.3. The normalized spacial score (nSPS) is 13.3. The summed E-state index contributed by atoms with van der Waals surface area (Å²) < 4.78 is 10.9. The maximum Gasteiger partial charge on any atom is 0.156 e. The van der Waals surface area contributed by atoms with Gasteiger partial charge >= 0.3 is 0 Å². The summed E-state index contributed by atoms with van der Waals surface area (Å²) >= 11 is 19.5. The van der Waals surface area contributed by atoms with Gasteiger partial charge in [0.05, 0.1) is 15.9 Å². The SMILES string of the molecule is NCC(O)COc1ccc(Sc2cc(Cl)c(OCC(O)CCl)c(Cl)c2)cc1. The number of nitrogens with two attached hydrogens (primary N) is 1. The van der Waals surface area contributed by atoms with E-state index >= 15 is 0 Å². The van der Waals surface area contributed by atoms with Gasteiger partial charge in [0.1, 0.15) is 31.2 Å². The second-order valence-corrected chi connectivity index (χ2v) is 7.88. The molecule has 5 nitrogen and oxygen atoms in total. The van der Waals surface area contributed by atoms with Crippen LogP contribution in [0.2, 0.25) is 10.0 Å². The monoisotopic (exact) mass is 451 g/mol. The van der Waals surface area contributed by atoms with Gasteiger partial charge < -0.3 is 25.4 Å². The van der Waals surface area contributed by atoms with Crippen LogP contribution in [-0.4, -0.2) is 48.1 Å².